The van der Waals surface area contributed by atoms with Crippen LogP contribution in [-0.4, -0.2) is 26.3 Å². The first-order valence-corrected chi connectivity index (χ1v) is 11.4. The molecule has 5 rings (SSSR count). The van der Waals surface area contributed by atoms with Gasteiger partial charge in [-0.3, -0.25) is 4.98 Å². The predicted molar refractivity (Wildman–Crippen MR) is 142 cm³/mol. The Hall–Kier alpha value is -4.45. The number of aromatic nitrogens is 1. The number of ether oxygens (including phenoxy) is 3. The van der Waals surface area contributed by atoms with Crippen LogP contribution in [0, 0.1) is 0 Å². The molecule has 0 saturated heterocycles. The first-order chi connectivity index (χ1) is 17.2. The van der Waals surface area contributed by atoms with Crippen LogP contribution in [0.3, 0.4) is 0 Å². The minimum Gasteiger partial charge on any atom is -0.497 e. The number of pyridine rings is 1. The Morgan fingerprint density at radius 2 is 1.46 bits per heavy atom. The zero-order chi connectivity index (χ0) is 24.2. The van der Waals surface area contributed by atoms with E-state index in [2.05, 4.69) is 41.0 Å². The minimum absolute atomic E-state index is 0.575. The number of anilines is 3. The Morgan fingerprint density at radius 1 is 0.686 bits per heavy atom. The predicted octanol–water partition coefficient (Wildman–Crippen LogP) is 6.77. The molecule has 2 N–H and O–H groups in total. The van der Waals surface area contributed by atoms with Crippen LogP contribution < -0.4 is 24.8 Å². The zero-order valence-corrected chi connectivity index (χ0v) is 20.0. The van der Waals surface area contributed by atoms with Gasteiger partial charge >= 0.3 is 0 Å². The summed E-state index contributed by atoms with van der Waals surface area (Å²) in [5.74, 6) is 2.18. The molecule has 0 bridgehead atoms. The van der Waals surface area contributed by atoms with Gasteiger partial charge in [-0.05, 0) is 47.9 Å². The van der Waals surface area contributed by atoms with Crippen LogP contribution in [0.2, 0.25) is 0 Å². The lowest BCUT2D eigenvalue weighted by molar-refractivity contribution is 0.355. The van der Waals surface area contributed by atoms with Gasteiger partial charge in [0.15, 0.2) is 11.5 Å². The summed E-state index contributed by atoms with van der Waals surface area (Å²) in [6, 6.07) is 28.3. The fraction of sp³-hybridized carbons (Fsp3) is 0.138. The summed E-state index contributed by atoms with van der Waals surface area (Å²) in [6.07, 6.45) is 0. The molecular weight excluding hydrogens is 438 g/mol. The van der Waals surface area contributed by atoms with Gasteiger partial charge in [0.05, 0.1) is 39.1 Å². The molecule has 0 atom stereocenters. The van der Waals surface area contributed by atoms with E-state index >= 15 is 0 Å². The minimum atomic E-state index is 0.575. The number of nitrogens with zero attached hydrogens (tertiary/aromatic N) is 1. The van der Waals surface area contributed by atoms with Crippen LogP contribution >= 0.6 is 0 Å². The third kappa shape index (κ3) is 4.64. The van der Waals surface area contributed by atoms with Crippen molar-refractivity contribution in [3.8, 4) is 17.2 Å². The summed E-state index contributed by atoms with van der Waals surface area (Å²) in [5.41, 5.74) is 4.75. The molecule has 1 aromatic heterocycles. The van der Waals surface area contributed by atoms with Gasteiger partial charge < -0.3 is 24.8 Å². The monoisotopic (exact) mass is 465 g/mol. The van der Waals surface area contributed by atoms with E-state index in [4.69, 9.17) is 19.2 Å². The Bertz CT molecular complexity index is 1480. The summed E-state index contributed by atoms with van der Waals surface area (Å²) in [6.45, 7) is 0.575. The molecule has 0 amide bonds. The number of fused-ring (bicyclic) bond motifs is 3. The maximum atomic E-state index is 5.49. The quantitative estimate of drug-likeness (QED) is 0.247. The van der Waals surface area contributed by atoms with Crippen LogP contribution in [0.4, 0.5) is 17.1 Å². The standard InChI is InChI=1S/C29H27N3O3/c1-33-23-12-9-20(10-13-23)30-18-22-16-26(31-21-11-15-27(34-2)28(17-21)35-3)25-14-8-19-6-4-5-7-24(19)29(25)32-22/h4-17,30H,18H2,1-3H3,(H,31,32). The third-order valence-corrected chi connectivity index (χ3v) is 5.98. The van der Waals surface area contributed by atoms with E-state index in [-0.39, 0.29) is 0 Å². The van der Waals surface area contributed by atoms with Crippen molar-refractivity contribution in [1.82, 2.24) is 4.98 Å². The molecule has 0 radical (unpaired) electrons. The maximum Gasteiger partial charge on any atom is 0.162 e. The third-order valence-electron chi connectivity index (χ3n) is 5.98. The van der Waals surface area contributed by atoms with Crippen LogP contribution in [0.1, 0.15) is 5.69 Å². The lowest BCUT2D eigenvalue weighted by atomic mass is 10.0. The van der Waals surface area contributed by atoms with Crippen molar-refractivity contribution in [3.63, 3.8) is 0 Å². The Kier molecular flexibility index (Phi) is 6.26. The molecular formula is C29H27N3O3. The van der Waals surface area contributed by atoms with Gasteiger partial charge in [0.2, 0.25) is 0 Å². The average molecular weight is 466 g/mol. The van der Waals surface area contributed by atoms with Crippen LogP contribution in [-0.2, 0) is 6.54 Å². The summed E-state index contributed by atoms with van der Waals surface area (Å²) in [7, 11) is 4.94. The second-order valence-corrected chi connectivity index (χ2v) is 8.12. The molecule has 0 aliphatic carbocycles. The fourth-order valence-corrected chi connectivity index (χ4v) is 4.18. The molecule has 5 aromatic rings. The van der Waals surface area contributed by atoms with E-state index in [0.29, 0.717) is 18.0 Å². The molecule has 176 valence electrons. The van der Waals surface area contributed by atoms with Crippen molar-refractivity contribution in [2.24, 2.45) is 0 Å². The van der Waals surface area contributed by atoms with Gasteiger partial charge in [-0.1, -0.05) is 36.4 Å². The molecule has 0 spiro atoms. The smallest absolute Gasteiger partial charge is 0.162 e. The molecule has 0 unspecified atom stereocenters. The number of hydrogen-bond donors (Lipinski definition) is 2. The number of benzene rings is 4. The highest BCUT2D eigenvalue weighted by molar-refractivity contribution is 6.09. The van der Waals surface area contributed by atoms with Crippen molar-refractivity contribution in [2.45, 2.75) is 6.54 Å². The van der Waals surface area contributed by atoms with E-state index in [1.807, 2.05) is 54.6 Å². The number of nitrogens with one attached hydrogen (secondary N) is 2. The largest absolute Gasteiger partial charge is 0.497 e. The molecule has 6 nitrogen and oxygen atoms in total. The Morgan fingerprint density at radius 3 is 2.23 bits per heavy atom. The van der Waals surface area contributed by atoms with Crippen molar-refractivity contribution >= 4 is 38.7 Å². The highest BCUT2D eigenvalue weighted by Crippen LogP contribution is 2.35. The molecule has 4 aromatic carbocycles. The summed E-state index contributed by atoms with van der Waals surface area (Å²) in [4.78, 5) is 5.04. The SMILES string of the molecule is COc1ccc(NCc2cc(Nc3ccc(OC)c(OC)c3)c3ccc4ccccc4c3n2)cc1. The van der Waals surface area contributed by atoms with Gasteiger partial charge in [0.25, 0.3) is 0 Å². The van der Waals surface area contributed by atoms with Gasteiger partial charge in [0, 0.05) is 33.9 Å². The van der Waals surface area contributed by atoms with Crippen molar-refractivity contribution in [1.29, 1.82) is 0 Å². The van der Waals surface area contributed by atoms with E-state index < -0.39 is 0 Å². The van der Waals surface area contributed by atoms with Crippen molar-refractivity contribution < 1.29 is 14.2 Å². The van der Waals surface area contributed by atoms with Crippen molar-refractivity contribution in [2.75, 3.05) is 32.0 Å². The molecule has 6 heteroatoms. The highest BCUT2D eigenvalue weighted by Gasteiger charge is 2.11. The number of rotatable bonds is 8. The van der Waals surface area contributed by atoms with E-state index in [0.717, 1.165) is 50.2 Å². The van der Waals surface area contributed by atoms with E-state index in [1.165, 1.54) is 0 Å². The lowest BCUT2D eigenvalue weighted by Gasteiger charge is -2.16. The first kappa shape index (κ1) is 22.3. The number of hydrogen-bond acceptors (Lipinski definition) is 6. The number of methoxy groups -OCH3 is 3. The topological polar surface area (TPSA) is 64.6 Å². The summed E-state index contributed by atoms with van der Waals surface area (Å²) in [5, 5.41) is 10.4. The molecule has 1 heterocycles. The molecule has 35 heavy (non-hydrogen) atoms. The van der Waals surface area contributed by atoms with Gasteiger partial charge in [-0.2, -0.15) is 0 Å². The molecule has 0 aliphatic rings. The highest BCUT2D eigenvalue weighted by atomic mass is 16.5. The first-order valence-electron chi connectivity index (χ1n) is 11.4. The molecule has 0 saturated carbocycles. The van der Waals surface area contributed by atoms with E-state index in [1.54, 1.807) is 21.3 Å². The lowest BCUT2D eigenvalue weighted by Crippen LogP contribution is -2.04. The molecule has 0 aliphatic heterocycles. The van der Waals surface area contributed by atoms with Crippen molar-refractivity contribution in [3.05, 3.63) is 90.6 Å². The summed E-state index contributed by atoms with van der Waals surface area (Å²) >= 11 is 0. The Balaban J connectivity index is 1.55. The summed E-state index contributed by atoms with van der Waals surface area (Å²) < 4.78 is 16.1. The molecule has 0 fully saturated rings. The second kappa shape index (κ2) is 9.81. The second-order valence-electron chi connectivity index (χ2n) is 8.12. The van der Waals surface area contributed by atoms with Gasteiger partial charge in [-0.15, -0.1) is 0 Å². The normalized spacial score (nSPS) is 10.8. The van der Waals surface area contributed by atoms with Gasteiger partial charge in [-0.25, -0.2) is 0 Å². The van der Waals surface area contributed by atoms with Crippen LogP contribution in [0.5, 0.6) is 17.2 Å². The average Bonchev–Trinajstić information content (AvgIpc) is 2.92. The van der Waals surface area contributed by atoms with Gasteiger partial charge in [0.1, 0.15) is 5.75 Å². The van der Waals surface area contributed by atoms with Crippen LogP contribution in [0.25, 0.3) is 21.7 Å². The Labute approximate surface area is 204 Å². The zero-order valence-electron chi connectivity index (χ0n) is 20.0. The maximum absolute atomic E-state index is 5.49. The van der Waals surface area contributed by atoms with Crippen LogP contribution in [0.15, 0.2) is 84.9 Å². The fourth-order valence-electron chi connectivity index (χ4n) is 4.18. The van der Waals surface area contributed by atoms with E-state index in [9.17, 15) is 0 Å².